The second kappa shape index (κ2) is 7.31. The number of rotatable bonds is 8. The molecule has 0 saturated heterocycles. The fourth-order valence-electron chi connectivity index (χ4n) is 1.58. The summed E-state index contributed by atoms with van der Waals surface area (Å²) in [5.74, 6) is 2.15. The van der Waals surface area contributed by atoms with Crippen molar-refractivity contribution in [3.05, 3.63) is 0 Å². The Morgan fingerprint density at radius 3 is 2.30 bits per heavy atom. The van der Waals surface area contributed by atoms with Crippen LogP contribution in [0.5, 0.6) is 0 Å². The van der Waals surface area contributed by atoms with Crippen molar-refractivity contribution < 1.29 is 26.9 Å². The van der Waals surface area contributed by atoms with Gasteiger partial charge in [-0.1, -0.05) is 20.3 Å². The normalized spacial score (nSPS) is 18.1. The second-order valence-electron chi connectivity index (χ2n) is 4.82. The first kappa shape index (κ1) is 19.2. The van der Waals surface area contributed by atoms with Gasteiger partial charge < -0.3 is 4.74 Å². The summed E-state index contributed by atoms with van der Waals surface area (Å²) in [7, 11) is -4.39. The Hall–Kier alpha value is -0.760. The number of nitrogens with one attached hydrogen (secondary N) is 1. The topological polar surface area (TPSA) is 55.4 Å². The van der Waals surface area contributed by atoms with E-state index in [0.29, 0.717) is 12.8 Å². The van der Waals surface area contributed by atoms with Crippen LogP contribution in [0.1, 0.15) is 40.0 Å². The molecule has 0 radical (unpaired) electrons. The summed E-state index contributed by atoms with van der Waals surface area (Å²) in [5, 5.41) is 0. The lowest BCUT2D eigenvalue weighted by atomic mass is 9.83. The van der Waals surface area contributed by atoms with Crippen LogP contribution in [0.4, 0.5) is 13.2 Å². The van der Waals surface area contributed by atoms with Gasteiger partial charge >= 0.3 is 11.5 Å². The van der Waals surface area contributed by atoms with E-state index in [1.165, 1.54) is 0 Å². The first-order valence-electron chi connectivity index (χ1n) is 6.35. The molecular formula is C12H22F3NO3S. The molecular weight excluding hydrogens is 295 g/mol. The zero-order valence-electron chi connectivity index (χ0n) is 12.0. The van der Waals surface area contributed by atoms with Crippen molar-refractivity contribution in [2.45, 2.75) is 45.5 Å². The van der Waals surface area contributed by atoms with Gasteiger partial charge in [-0.15, -0.1) is 0 Å². The first-order chi connectivity index (χ1) is 9.00. The summed E-state index contributed by atoms with van der Waals surface area (Å²) in [4.78, 5) is 11.8. The lowest BCUT2D eigenvalue weighted by molar-refractivity contribution is -0.155. The molecule has 0 aromatic carbocycles. The van der Waals surface area contributed by atoms with Crippen molar-refractivity contribution >= 4 is 21.5 Å². The van der Waals surface area contributed by atoms with Crippen LogP contribution in [0, 0.1) is 5.41 Å². The van der Waals surface area contributed by atoms with Crippen LogP contribution in [0.2, 0.25) is 0 Å². The SMILES string of the molecule is C=S(=O)(NCCOC(=O)C(C)(CC)CCC)C(F)(F)F. The maximum Gasteiger partial charge on any atom is 0.476 e. The van der Waals surface area contributed by atoms with Crippen LogP contribution in [0.15, 0.2) is 0 Å². The standard InChI is InChI=1S/C12H22F3NO3S/c1-5-7-11(3,6-2)10(17)19-9-8-16-20(4,18)12(13,14)15/h4-9H2,1-3H3,(H,16,18). The molecule has 0 aromatic heterocycles. The van der Waals surface area contributed by atoms with Crippen molar-refractivity contribution in [3.8, 4) is 0 Å². The van der Waals surface area contributed by atoms with Gasteiger partial charge in [-0.3, -0.25) is 4.79 Å². The molecule has 0 heterocycles. The van der Waals surface area contributed by atoms with Crippen molar-refractivity contribution in [1.29, 1.82) is 0 Å². The summed E-state index contributed by atoms with van der Waals surface area (Å²) in [6, 6.07) is 0. The minimum atomic E-state index is -4.92. The average Bonchev–Trinajstić information content (AvgIpc) is 2.33. The number of alkyl halides is 3. The van der Waals surface area contributed by atoms with Crippen molar-refractivity contribution in [3.63, 3.8) is 0 Å². The fraction of sp³-hybridized carbons (Fsp3) is 0.833. The van der Waals surface area contributed by atoms with Crippen LogP contribution in [0.3, 0.4) is 0 Å². The van der Waals surface area contributed by atoms with Gasteiger partial charge in [0.05, 0.1) is 5.41 Å². The average molecular weight is 317 g/mol. The highest BCUT2D eigenvalue weighted by molar-refractivity contribution is 7.99. The van der Waals surface area contributed by atoms with E-state index in [0.717, 1.165) is 6.42 Å². The van der Waals surface area contributed by atoms with E-state index in [-0.39, 0.29) is 13.2 Å². The smallest absolute Gasteiger partial charge is 0.464 e. The molecule has 4 nitrogen and oxygen atoms in total. The number of hydrogen-bond acceptors (Lipinski definition) is 3. The Kier molecular flexibility index (Phi) is 7.03. The summed E-state index contributed by atoms with van der Waals surface area (Å²) < 4.78 is 54.6. The van der Waals surface area contributed by atoms with Crippen LogP contribution >= 0.6 is 0 Å². The molecule has 0 saturated carbocycles. The molecule has 0 bridgehead atoms. The summed E-state index contributed by atoms with van der Waals surface area (Å²) >= 11 is 0. The molecule has 2 atom stereocenters. The number of carbonyl (C=O) groups excluding carboxylic acids is 1. The van der Waals surface area contributed by atoms with Crippen molar-refractivity contribution in [2.24, 2.45) is 5.41 Å². The molecule has 0 aliphatic carbocycles. The Bertz CT molecular complexity index is 420. The maximum absolute atomic E-state index is 12.3. The van der Waals surface area contributed by atoms with E-state index in [9.17, 15) is 22.2 Å². The summed E-state index contributed by atoms with van der Waals surface area (Å²) in [6.07, 6.45) is 2.03. The van der Waals surface area contributed by atoms with Gasteiger partial charge in [0, 0.05) is 6.54 Å². The maximum atomic E-state index is 12.3. The van der Waals surface area contributed by atoms with Crippen LogP contribution in [0.25, 0.3) is 0 Å². The molecule has 0 aromatic rings. The van der Waals surface area contributed by atoms with Gasteiger partial charge in [0.25, 0.3) is 0 Å². The zero-order valence-corrected chi connectivity index (χ0v) is 12.8. The summed E-state index contributed by atoms with van der Waals surface area (Å²) in [5.41, 5.74) is -5.55. The van der Waals surface area contributed by atoms with Crippen molar-refractivity contribution in [2.75, 3.05) is 13.2 Å². The minimum Gasteiger partial charge on any atom is -0.464 e. The van der Waals surface area contributed by atoms with E-state index >= 15 is 0 Å². The zero-order chi connectivity index (χ0) is 16.0. The number of carbonyl (C=O) groups is 1. The summed E-state index contributed by atoms with van der Waals surface area (Å²) in [6.45, 7) is 4.90. The molecule has 120 valence electrons. The predicted octanol–water partition coefficient (Wildman–Crippen LogP) is 2.49. The molecule has 0 aliphatic rings. The van der Waals surface area contributed by atoms with E-state index in [1.54, 1.807) is 11.6 Å². The van der Waals surface area contributed by atoms with Crippen LogP contribution < -0.4 is 4.72 Å². The van der Waals surface area contributed by atoms with Gasteiger partial charge in [-0.25, -0.2) is 8.93 Å². The third kappa shape index (κ3) is 5.32. The molecule has 0 rings (SSSR count). The highest BCUT2D eigenvalue weighted by Gasteiger charge is 2.39. The monoisotopic (exact) mass is 317 g/mol. The Morgan fingerprint density at radius 2 is 1.90 bits per heavy atom. The molecule has 0 amide bonds. The molecule has 1 N–H and O–H groups in total. The predicted molar refractivity (Wildman–Crippen MR) is 73.6 cm³/mol. The number of hydrogen-bond donors (Lipinski definition) is 1. The highest BCUT2D eigenvalue weighted by Crippen LogP contribution is 2.28. The molecule has 2 unspecified atom stereocenters. The molecule has 8 heteroatoms. The second-order valence-corrected chi connectivity index (χ2v) is 6.92. The Morgan fingerprint density at radius 1 is 1.35 bits per heavy atom. The van der Waals surface area contributed by atoms with E-state index in [1.807, 2.05) is 13.8 Å². The lowest BCUT2D eigenvalue weighted by Gasteiger charge is -2.25. The lowest BCUT2D eigenvalue weighted by Crippen LogP contribution is -2.39. The van der Waals surface area contributed by atoms with Crippen LogP contribution in [-0.4, -0.2) is 34.7 Å². The minimum absolute atomic E-state index is 0.277. The number of ether oxygens (including phenoxy) is 1. The van der Waals surface area contributed by atoms with E-state index in [2.05, 4.69) is 5.87 Å². The third-order valence-electron chi connectivity index (χ3n) is 3.12. The number of halogens is 3. The van der Waals surface area contributed by atoms with Gasteiger partial charge in [0.15, 0.2) is 0 Å². The largest absolute Gasteiger partial charge is 0.476 e. The van der Waals surface area contributed by atoms with Crippen molar-refractivity contribution in [1.82, 2.24) is 4.72 Å². The fourth-order valence-corrected chi connectivity index (χ4v) is 2.16. The number of esters is 1. The Balaban J connectivity index is 4.30. The molecule has 0 fully saturated rings. The Labute approximate surface area is 118 Å². The van der Waals surface area contributed by atoms with Gasteiger partial charge in [0.1, 0.15) is 16.3 Å². The quantitative estimate of drug-likeness (QED) is 0.425. The van der Waals surface area contributed by atoms with E-state index in [4.69, 9.17) is 4.74 Å². The van der Waals surface area contributed by atoms with Gasteiger partial charge in [0.2, 0.25) is 0 Å². The third-order valence-corrected chi connectivity index (χ3v) is 4.54. The first-order valence-corrected chi connectivity index (χ1v) is 8.08. The van der Waals surface area contributed by atoms with Gasteiger partial charge in [-0.05, 0) is 25.6 Å². The van der Waals surface area contributed by atoms with Crippen LogP contribution in [-0.2, 0) is 19.2 Å². The molecule has 0 spiro atoms. The van der Waals surface area contributed by atoms with E-state index < -0.39 is 26.6 Å². The molecule has 0 aliphatic heterocycles. The highest BCUT2D eigenvalue weighted by atomic mass is 32.2. The molecule has 20 heavy (non-hydrogen) atoms. The van der Waals surface area contributed by atoms with Gasteiger partial charge in [-0.2, -0.15) is 13.2 Å².